The molecule has 0 aromatic heterocycles. The second kappa shape index (κ2) is 3.72. The lowest BCUT2D eigenvalue weighted by Crippen LogP contribution is -2.49. The second-order valence-electron chi connectivity index (χ2n) is 5.14. The van der Waals surface area contributed by atoms with E-state index in [2.05, 4.69) is 26.1 Å². The molecule has 1 rings (SSSR count). The fourth-order valence-electron chi connectivity index (χ4n) is 1.88. The van der Waals surface area contributed by atoms with Crippen molar-refractivity contribution in [1.82, 2.24) is 5.32 Å². The molecule has 0 unspecified atom stereocenters. The molecule has 0 aromatic rings. The van der Waals surface area contributed by atoms with Gasteiger partial charge in [0.15, 0.2) is 0 Å². The lowest BCUT2D eigenvalue weighted by Gasteiger charge is -2.38. The van der Waals surface area contributed by atoms with E-state index in [1.54, 1.807) is 0 Å². The summed E-state index contributed by atoms with van der Waals surface area (Å²) in [6.07, 6.45) is -3.15. The van der Waals surface area contributed by atoms with Crippen LogP contribution in [-0.4, -0.2) is 18.8 Å². The normalized spacial score (nSPS) is 30.4. The second-order valence-corrected chi connectivity index (χ2v) is 5.14. The maximum atomic E-state index is 12.3. The Morgan fingerprint density at radius 3 is 1.93 bits per heavy atom. The van der Waals surface area contributed by atoms with Gasteiger partial charge in [-0.1, -0.05) is 20.8 Å². The highest BCUT2D eigenvalue weighted by Crippen LogP contribution is 2.35. The van der Waals surface area contributed by atoms with Crippen LogP contribution in [-0.2, 0) is 0 Å². The molecule has 0 aliphatic carbocycles. The van der Waals surface area contributed by atoms with Crippen LogP contribution >= 0.6 is 0 Å². The lowest BCUT2D eigenvalue weighted by molar-refractivity contribution is -0.180. The topological polar surface area (TPSA) is 12.0 Å². The number of hydrogen-bond donors (Lipinski definition) is 1. The third-order valence-corrected chi connectivity index (χ3v) is 2.92. The van der Waals surface area contributed by atoms with Crippen molar-refractivity contribution in [2.24, 2.45) is 11.3 Å². The molecule has 1 heterocycles. The van der Waals surface area contributed by atoms with Gasteiger partial charge in [-0.2, -0.15) is 13.2 Å². The Bertz CT molecular complexity index is 163. The van der Waals surface area contributed by atoms with E-state index in [1.807, 2.05) is 0 Å². The molecule has 0 saturated carbocycles. The Morgan fingerprint density at radius 1 is 1.07 bits per heavy atom. The average Bonchev–Trinajstić information content (AvgIpc) is 2.01. The van der Waals surface area contributed by atoms with Gasteiger partial charge in [0.1, 0.15) is 0 Å². The summed E-state index contributed by atoms with van der Waals surface area (Å²) in [5.74, 6) is -1.15. The molecule has 1 fully saturated rings. The number of halogens is 3. The first-order valence-electron chi connectivity index (χ1n) is 5.01. The minimum Gasteiger partial charge on any atom is -0.313 e. The Hall–Kier alpha value is -0.250. The summed E-state index contributed by atoms with van der Waals surface area (Å²) in [6, 6.07) is 0.209. The fraction of sp³-hybridized carbons (Fsp3) is 1.00. The summed E-state index contributed by atoms with van der Waals surface area (Å²) in [7, 11) is 0. The quantitative estimate of drug-likeness (QED) is 0.646. The van der Waals surface area contributed by atoms with Crippen LogP contribution in [0.25, 0.3) is 0 Å². The first-order chi connectivity index (χ1) is 6.21. The van der Waals surface area contributed by atoms with E-state index in [-0.39, 0.29) is 24.4 Å². The van der Waals surface area contributed by atoms with Crippen LogP contribution in [0.15, 0.2) is 0 Å². The summed E-state index contributed by atoms with van der Waals surface area (Å²) in [5, 5.41) is 3.00. The van der Waals surface area contributed by atoms with Crippen LogP contribution in [0.2, 0.25) is 0 Å². The van der Waals surface area contributed by atoms with Gasteiger partial charge < -0.3 is 5.32 Å². The molecule has 0 spiro atoms. The van der Waals surface area contributed by atoms with Crippen molar-refractivity contribution < 1.29 is 13.2 Å². The fourth-order valence-corrected chi connectivity index (χ4v) is 1.88. The molecule has 1 aliphatic rings. The van der Waals surface area contributed by atoms with E-state index < -0.39 is 12.1 Å². The Labute approximate surface area is 83.1 Å². The molecule has 1 aliphatic heterocycles. The zero-order valence-electron chi connectivity index (χ0n) is 8.91. The zero-order valence-corrected chi connectivity index (χ0v) is 8.91. The van der Waals surface area contributed by atoms with Crippen molar-refractivity contribution in [3.05, 3.63) is 0 Å². The molecule has 14 heavy (non-hydrogen) atoms. The summed E-state index contributed by atoms with van der Waals surface area (Å²) in [6.45, 7) is 6.24. The van der Waals surface area contributed by atoms with Gasteiger partial charge in [-0.25, -0.2) is 0 Å². The molecule has 84 valence electrons. The highest BCUT2D eigenvalue weighted by Gasteiger charge is 2.42. The number of hydrogen-bond acceptors (Lipinski definition) is 1. The highest BCUT2D eigenvalue weighted by atomic mass is 19.4. The van der Waals surface area contributed by atoms with E-state index in [4.69, 9.17) is 0 Å². The molecule has 1 N–H and O–H groups in total. The standard InChI is InChI=1S/C10H18F3N/c1-9(2,3)8-5-4-7(6-14-8)10(11,12)13/h7-8,14H,4-6H2,1-3H3/t7-,8-/m1/s1. The summed E-state index contributed by atoms with van der Waals surface area (Å²) in [4.78, 5) is 0. The van der Waals surface area contributed by atoms with Crippen LogP contribution in [0.5, 0.6) is 0 Å². The van der Waals surface area contributed by atoms with Crippen molar-refractivity contribution in [3.63, 3.8) is 0 Å². The van der Waals surface area contributed by atoms with Crippen molar-refractivity contribution in [2.45, 2.75) is 45.8 Å². The summed E-state index contributed by atoms with van der Waals surface area (Å²) in [5.41, 5.74) is 0.0522. The largest absolute Gasteiger partial charge is 0.393 e. The van der Waals surface area contributed by atoms with Gasteiger partial charge in [0.05, 0.1) is 5.92 Å². The van der Waals surface area contributed by atoms with E-state index in [0.29, 0.717) is 6.42 Å². The molecular formula is C10H18F3N. The van der Waals surface area contributed by atoms with Crippen LogP contribution in [0.3, 0.4) is 0 Å². The SMILES string of the molecule is CC(C)(C)[C@H]1CC[C@@H](C(F)(F)F)CN1. The van der Waals surface area contributed by atoms with Crippen molar-refractivity contribution in [3.8, 4) is 0 Å². The van der Waals surface area contributed by atoms with Gasteiger partial charge in [-0.05, 0) is 18.3 Å². The minimum atomic E-state index is -4.03. The maximum absolute atomic E-state index is 12.3. The van der Waals surface area contributed by atoms with Crippen LogP contribution in [0.4, 0.5) is 13.2 Å². The van der Waals surface area contributed by atoms with Crippen molar-refractivity contribution in [1.29, 1.82) is 0 Å². The van der Waals surface area contributed by atoms with Gasteiger partial charge in [-0.3, -0.25) is 0 Å². The molecule has 0 aromatic carbocycles. The van der Waals surface area contributed by atoms with Gasteiger partial charge in [0.2, 0.25) is 0 Å². The van der Waals surface area contributed by atoms with Gasteiger partial charge in [-0.15, -0.1) is 0 Å². The van der Waals surface area contributed by atoms with E-state index in [1.165, 1.54) is 0 Å². The van der Waals surface area contributed by atoms with Crippen molar-refractivity contribution in [2.75, 3.05) is 6.54 Å². The number of piperidine rings is 1. The summed E-state index contributed by atoms with van der Waals surface area (Å²) >= 11 is 0. The molecule has 0 radical (unpaired) electrons. The number of alkyl halides is 3. The minimum absolute atomic E-state index is 0.0522. The monoisotopic (exact) mass is 209 g/mol. The van der Waals surface area contributed by atoms with E-state index >= 15 is 0 Å². The third kappa shape index (κ3) is 2.87. The molecule has 4 heteroatoms. The first kappa shape index (κ1) is 11.8. The average molecular weight is 209 g/mol. The zero-order chi connectivity index (χ0) is 11.0. The molecule has 0 bridgehead atoms. The third-order valence-electron chi connectivity index (χ3n) is 2.92. The predicted octanol–water partition coefficient (Wildman–Crippen LogP) is 2.96. The molecular weight excluding hydrogens is 191 g/mol. The van der Waals surface area contributed by atoms with Crippen molar-refractivity contribution >= 4 is 0 Å². The Morgan fingerprint density at radius 2 is 1.64 bits per heavy atom. The molecule has 0 amide bonds. The molecule has 2 atom stereocenters. The molecule has 1 saturated heterocycles. The van der Waals surface area contributed by atoms with Gasteiger partial charge in [0.25, 0.3) is 0 Å². The van der Waals surface area contributed by atoms with E-state index in [9.17, 15) is 13.2 Å². The first-order valence-corrected chi connectivity index (χ1v) is 5.01. The smallest absolute Gasteiger partial charge is 0.313 e. The van der Waals surface area contributed by atoms with Crippen LogP contribution in [0.1, 0.15) is 33.6 Å². The summed E-state index contributed by atoms with van der Waals surface area (Å²) < 4.78 is 37.0. The van der Waals surface area contributed by atoms with Crippen LogP contribution < -0.4 is 5.32 Å². The Kier molecular flexibility index (Phi) is 3.14. The lowest BCUT2D eigenvalue weighted by atomic mass is 9.80. The maximum Gasteiger partial charge on any atom is 0.393 e. The number of nitrogens with one attached hydrogen (secondary N) is 1. The van der Waals surface area contributed by atoms with Gasteiger partial charge in [0, 0.05) is 12.6 Å². The van der Waals surface area contributed by atoms with Gasteiger partial charge >= 0.3 is 6.18 Å². The number of rotatable bonds is 0. The highest BCUT2D eigenvalue weighted by molar-refractivity contribution is 4.87. The predicted molar refractivity (Wildman–Crippen MR) is 50.0 cm³/mol. The Balaban J connectivity index is 2.47. The molecule has 1 nitrogen and oxygen atoms in total. The van der Waals surface area contributed by atoms with E-state index in [0.717, 1.165) is 0 Å². The van der Waals surface area contributed by atoms with Crippen LogP contribution in [0, 0.1) is 11.3 Å².